The lowest BCUT2D eigenvalue weighted by Crippen LogP contribution is -2.50. The summed E-state index contributed by atoms with van der Waals surface area (Å²) in [5.74, 6) is -0.682. The monoisotopic (exact) mass is 234 g/mol. The van der Waals surface area contributed by atoms with Crippen molar-refractivity contribution in [2.24, 2.45) is 5.73 Å². The molecule has 1 atom stereocenters. The van der Waals surface area contributed by atoms with Crippen LogP contribution in [0.2, 0.25) is 0 Å². The first-order valence-corrected chi connectivity index (χ1v) is 5.41. The summed E-state index contributed by atoms with van der Waals surface area (Å²) in [5, 5.41) is 0. The summed E-state index contributed by atoms with van der Waals surface area (Å²) in [6, 6.07) is 5.56. The smallest absolute Gasteiger partial charge is 0.277 e. The molecule has 1 heterocycles. The minimum absolute atomic E-state index is 0.436. The number of carbonyl (C=O) groups is 2. The number of primary amides is 1. The van der Waals surface area contributed by atoms with Crippen LogP contribution in [0.15, 0.2) is 18.2 Å². The van der Waals surface area contributed by atoms with Gasteiger partial charge in [0.15, 0.2) is 0 Å². The second-order valence-electron chi connectivity index (χ2n) is 3.95. The Balaban J connectivity index is 2.45. The van der Waals surface area contributed by atoms with Crippen molar-refractivity contribution in [1.29, 1.82) is 0 Å². The van der Waals surface area contributed by atoms with Gasteiger partial charge in [0.05, 0.1) is 5.69 Å². The molecule has 0 spiro atoms. The lowest BCUT2D eigenvalue weighted by atomic mass is 10.1. The number of hydrogen-bond donors (Lipinski definition) is 1. The van der Waals surface area contributed by atoms with Gasteiger partial charge in [-0.15, -0.1) is 0 Å². The highest BCUT2D eigenvalue weighted by Gasteiger charge is 2.36. The van der Waals surface area contributed by atoms with Crippen LogP contribution in [0.4, 0.5) is 5.69 Å². The molecule has 2 rings (SSSR count). The molecule has 1 aliphatic rings. The zero-order valence-electron chi connectivity index (χ0n) is 9.77. The number of nitrogens with zero attached hydrogens (tertiary/aromatic N) is 1. The van der Waals surface area contributed by atoms with Gasteiger partial charge in [0, 0.05) is 7.05 Å². The predicted octanol–water partition coefficient (Wildman–Crippen LogP) is 0.458. The molecular formula is C12H14N2O3. The molecule has 5 heteroatoms. The molecule has 0 aliphatic carbocycles. The molecule has 1 aromatic carbocycles. The van der Waals surface area contributed by atoms with Crippen LogP contribution in [0.25, 0.3) is 0 Å². The molecule has 0 saturated heterocycles. The van der Waals surface area contributed by atoms with Crippen LogP contribution >= 0.6 is 0 Å². The lowest BCUT2D eigenvalue weighted by molar-refractivity contribution is -0.136. The van der Waals surface area contributed by atoms with Gasteiger partial charge in [-0.05, 0) is 24.1 Å². The largest absolute Gasteiger partial charge is 0.468 e. The van der Waals surface area contributed by atoms with Crippen LogP contribution in [0, 0.1) is 0 Å². The van der Waals surface area contributed by atoms with E-state index in [2.05, 4.69) is 0 Å². The van der Waals surface area contributed by atoms with Crippen molar-refractivity contribution < 1.29 is 14.3 Å². The van der Waals surface area contributed by atoms with Crippen molar-refractivity contribution in [3.63, 3.8) is 0 Å². The SMILES string of the molecule is CCc1ccc2c(c1)OC(C(N)=O)C(=O)N2C. The molecule has 0 saturated carbocycles. The van der Waals surface area contributed by atoms with E-state index in [1.807, 2.05) is 25.1 Å². The second kappa shape index (κ2) is 4.08. The first kappa shape index (κ1) is 11.4. The summed E-state index contributed by atoms with van der Waals surface area (Å²) in [7, 11) is 1.60. The van der Waals surface area contributed by atoms with Gasteiger partial charge in [-0.25, -0.2) is 0 Å². The average Bonchev–Trinajstić information content (AvgIpc) is 2.32. The summed E-state index contributed by atoms with van der Waals surface area (Å²) in [6.07, 6.45) is -0.366. The van der Waals surface area contributed by atoms with Crippen LogP contribution in [0.5, 0.6) is 5.75 Å². The number of ether oxygens (including phenoxy) is 1. The van der Waals surface area contributed by atoms with Gasteiger partial charge in [-0.1, -0.05) is 13.0 Å². The lowest BCUT2D eigenvalue weighted by Gasteiger charge is -2.30. The number of carbonyl (C=O) groups excluding carboxylic acids is 2. The number of fused-ring (bicyclic) bond motifs is 1. The topological polar surface area (TPSA) is 72.6 Å². The molecular weight excluding hydrogens is 220 g/mol. The minimum Gasteiger partial charge on any atom is -0.468 e. The number of aryl methyl sites for hydroxylation is 1. The zero-order valence-corrected chi connectivity index (χ0v) is 9.77. The fraction of sp³-hybridized carbons (Fsp3) is 0.333. The van der Waals surface area contributed by atoms with Gasteiger partial charge in [0.1, 0.15) is 5.75 Å². The molecule has 0 radical (unpaired) electrons. The number of likely N-dealkylation sites (N-methyl/N-ethyl adjacent to an activating group) is 1. The van der Waals surface area contributed by atoms with E-state index in [4.69, 9.17) is 10.5 Å². The summed E-state index contributed by atoms with van der Waals surface area (Å²) >= 11 is 0. The number of nitrogens with two attached hydrogens (primary N) is 1. The molecule has 1 unspecified atom stereocenters. The van der Waals surface area contributed by atoms with E-state index < -0.39 is 17.9 Å². The third-order valence-electron chi connectivity index (χ3n) is 2.85. The Hall–Kier alpha value is -2.04. The summed E-state index contributed by atoms with van der Waals surface area (Å²) in [4.78, 5) is 24.3. The molecule has 2 amide bonds. The third kappa shape index (κ3) is 1.84. The Bertz CT molecular complexity index is 485. The van der Waals surface area contributed by atoms with E-state index in [9.17, 15) is 9.59 Å². The summed E-state index contributed by atoms with van der Waals surface area (Å²) < 4.78 is 5.35. The van der Waals surface area contributed by atoms with Gasteiger partial charge < -0.3 is 15.4 Å². The van der Waals surface area contributed by atoms with Gasteiger partial charge >= 0.3 is 0 Å². The Kier molecular flexibility index (Phi) is 2.75. The van der Waals surface area contributed by atoms with Crippen LogP contribution in [-0.2, 0) is 16.0 Å². The Morgan fingerprint density at radius 2 is 2.24 bits per heavy atom. The van der Waals surface area contributed by atoms with Gasteiger partial charge in [-0.3, -0.25) is 9.59 Å². The summed E-state index contributed by atoms with van der Waals surface area (Å²) in [6.45, 7) is 2.02. The zero-order chi connectivity index (χ0) is 12.6. The van der Waals surface area contributed by atoms with Crippen LogP contribution in [0.1, 0.15) is 12.5 Å². The highest BCUT2D eigenvalue weighted by Crippen LogP contribution is 2.33. The van der Waals surface area contributed by atoms with E-state index in [0.29, 0.717) is 11.4 Å². The highest BCUT2D eigenvalue weighted by molar-refractivity contribution is 6.11. The van der Waals surface area contributed by atoms with Crippen molar-refractivity contribution >= 4 is 17.5 Å². The van der Waals surface area contributed by atoms with Crippen molar-refractivity contribution in [3.05, 3.63) is 23.8 Å². The van der Waals surface area contributed by atoms with Crippen LogP contribution < -0.4 is 15.4 Å². The Morgan fingerprint density at radius 3 is 2.82 bits per heavy atom. The average molecular weight is 234 g/mol. The molecule has 90 valence electrons. The van der Waals surface area contributed by atoms with Crippen molar-refractivity contribution in [2.45, 2.75) is 19.4 Å². The highest BCUT2D eigenvalue weighted by atomic mass is 16.5. The van der Waals surface area contributed by atoms with Crippen LogP contribution in [-0.4, -0.2) is 25.0 Å². The van der Waals surface area contributed by atoms with E-state index in [1.165, 1.54) is 4.90 Å². The maximum Gasteiger partial charge on any atom is 0.277 e. The standard InChI is InChI=1S/C12H14N2O3/c1-3-7-4-5-8-9(6-7)17-10(11(13)15)12(16)14(8)2/h4-6,10H,3H2,1-2H3,(H2,13,15). The molecule has 1 aliphatic heterocycles. The normalized spacial score (nSPS) is 18.6. The van der Waals surface area contributed by atoms with E-state index in [1.54, 1.807) is 7.05 Å². The third-order valence-corrected chi connectivity index (χ3v) is 2.85. The molecule has 17 heavy (non-hydrogen) atoms. The molecule has 0 bridgehead atoms. The molecule has 1 aromatic rings. The number of hydrogen-bond acceptors (Lipinski definition) is 3. The molecule has 2 N–H and O–H groups in total. The number of anilines is 1. The van der Waals surface area contributed by atoms with Gasteiger partial charge in [-0.2, -0.15) is 0 Å². The van der Waals surface area contributed by atoms with Crippen molar-refractivity contribution in [1.82, 2.24) is 0 Å². The van der Waals surface area contributed by atoms with Crippen LogP contribution in [0.3, 0.4) is 0 Å². The minimum atomic E-state index is -1.22. The fourth-order valence-electron chi connectivity index (χ4n) is 1.80. The predicted molar refractivity (Wildman–Crippen MR) is 62.8 cm³/mol. The van der Waals surface area contributed by atoms with E-state index in [-0.39, 0.29) is 0 Å². The van der Waals surface area contributed by atoms with Gasteiger partial charge in [0.25, 0.3) is 17.9 Å². The maximum atomic E-state index is 11.8. The number of benzene rings is 1. The number of amides is 2. The molecule has 5 nitrogen and oxygen atoms in total. The Morgan fingerprint density at radius 1 is 1.53 bits per heavy atom. The second-order valence-corrected chi connectivity index (χ2v) is 3.95. The Labute approximate surface area is 99.2 Å². The quantitative estimate of drug-likeness (QED) is 0.755. The van der Waals surface area contributed by atoms with Gasteiger partial charge in [0.2, 0.25) is 0 Å². The molecule has 0 aromatic heterocycles. The van der Waals surface area contributed by atoms with E-state index >= 15 is 0 Å². The first-order chi connectivity index (χ1) is 8.04. The first-order valence-electron chi connectivity index (χ1n) is 5.41. The maximum absolute atomic E-state index is 11.8. The van der Waals surface area contributed by atoms with Crippen molar-refractivity contribution in [2.75, 3.05) is 11.9 Å². The molecule has 0 fully saturated rings. The van der Waals surface area contributed by atoms with E-state index in [0.717, 1.165) is 12.0 Å². The fourth-order valence-corrected chi connectivity index (χ4v) is 1.80. The summed E-state index contributed by atoms with van der Waals surface area (Å²) in [5.41, 5.74) is 6.87. The number of rotatable bonds is 2. The van der Waals surface area contributed by atoms with Crippen molar-refractivity contribution in [3.8, 4) is 5.75 Å².